The molecule has 31 heavy (non-hydrogen) atoms. The van der Waals surface area contributed by atoms with Crippen LogP contribution in [0.25, 0.3) is 0 Å². The van der Waals surface area contributed by atoms with E-state index >= 15 is 0 Å². The van der Waals surface area contributed by atoms with E-state index in [1.165, 1.54) is 7.11 Å². The van der Waals surface area contributed by atoms with Crippen LogP contribution in [0.5, 0.6) is 0 Å². The fourth-order valence-corrected chi connectivity index (χ4v) is 2.84. The number of benzene rings is 1. The summed E-state index contributed by atoms with van der Waals surface area (Å²) in [5, 5.41) is 18.2. The van der Waals surface area contributed by atoms with E-state index in [9.17, 15) is 24.3 Å². The second kappa shape index (κ2) is 14.1. The van der Waals surface area contributed by atoms with E-state index in [1.807, 2.05) is 37.3 Å². The van der Waals surface area contributed by atoms with Crippen molar-refractivity contribution < 1.29 is 29.0 Å². The van der Waals surface area contributed by atoms with Crippen LogP contribution in [0.15, 0.2) is 30.3 Å². The topological polar surface area (TPSA) is 160 Å². The van der Waals surface area contributed by atoms with Crippen molar-refractivity contribution >= 4 is 23.6 Å². The van der Waals surface area contributed by atoms with E-state index < -0.39 is 48.2 Å². The zero-order valence-corrected chi connectivity index (χ0v) is 17.9. The van der Waals surface area contributed by atoms with Gasteiger partial charge < -0.3 is 31.5 Å². The lowest BCUT2D eigenvalue weighted by molar-refractivity contribution is -0.136. The van der Waals surface area contributed by atoms with E-state index in [4.69, 9.17) is 10.5 Å². The maximum absolute atomic E-state index is 12.7. The van der Waals surface area contributed by atoms with Gasteiger partial charge in [0.05, 0.1) is 12.6 Å². The molecule has 1 rings (SSSR count). The zero-order valence-electron chi connectivity index (χ0n) is 17.9. The van der Waals surface area contributed by atoms with Gasteiger partial charge in [-0.3, -0.25) is 19.2 Å². The minimum atomic E-state index is -1.48. The third-order valence-corrected chi connectivity index (χ3v) is 4.48. The molecule has 0 unspecified atom stereocenters. The van der Waals surface area contributed by atoms with Gasteiger partial charge >= 0.3 is 0 Å². The highest BCUT2D eigenvalue weighted by molar-refractivity contribution is 5.98. The standard InChI is InChI=1S/C21H32N4O6/c1-3-4-10-15(19(28)21(30)23-12-14-8-6-5-7-9-14)25-20(29)16(13-31-2)24-18(27)11-17(22)26/h5-9,15-16,19,28H,3-4,10-13H2,1-2H3,(H2,22,26)(H,23,30)(H,24,27)(H,25,29)/t15-,16-,19-/m0/s1. The summed E-state index contributed by atoms with van der Waals surface area (Å²) in [5.74, 6) is -2.82. The molecule has 0 aliphatic rings. The second-order valence-corrected chi connectivity index (χ2v) is 7.12. The summed E-state index contributed by atoms with van der Waals surface area (Å²) in [6.07, 6.45) is -0.240. The Balaban J connectivity index is 2.77. The molecule has 0 aliphatic heterocycles. The maximum atomic E-state index is 12.7. The predicted molar refractivity (Wildman–Crippen MR) is 113 cm³/mol. The summed E-state index contributed by atoms with van der Waals surface area (Å²) in [6.45, 7) is 2.02. The van der Waals surface area contributed by atoms with Gasteiger partial charge in [-0.1, -0.05) is 50.1 Å². The average Bonchev–Trinajstić information content (AvgIpc) is 2.74. The van der Waals surface area contributed by atoms with Crippen LogP contribution in [0.2, 0.25) is 0 Å². The van der Waals surface area contributed by atoms with Crippen LogP contribution in [0.1, 0.15) is 38.2 Å². The number of aliphatic hydroxyl groups is 1. The lowest BCUT2D eigenvalue weighted by Crippen LogP contribution is -2.56. The highest BCUT2D eigenvalue weighted by Crippen LogP contribution is 2.07. The normalized spacial score (nSPS) is 13.5. The van der Waals surface area contributed by atoms with Gasteiger partial charge in [0.25, 0.3) is 5.91 Å². The average molecular weight is 437 g/mol. The monoisotopic (exact) mass is 436 g/mol. The van der Waals surface area contributed by atoms with Crippen molar-refractivity contribution in [1.29, 1.82) is 0 Å². The Bertz CT molecular complexity index is 728. The Morgan fingerprint density at radius 1 is 1.10 bits per heavy atom. The Morgan fingerprint density at radius 3 is 2.35 bits per heavy atom. The molecule has 4 amide bonds. The fraction of sp³-hybridized carbons (Fsp3) is 0.524. The van der Waals surface area contributed by atoms with Crippen molar-refractivity contribution in [3.05, 3.63) is 35.9 Å². The molecule has 1 aromatic rings. The number of carbonyl (C=O) groups is 4. The zero-order chi connectivity index (χ0) is 23.2. The summed E-state index contributed by atoms with van der Waals surface area (Å²) >= 11 is 0. The van der Waals surface area contributed by atoms with Crippen molar-refractivity contribution in [2.75, 3.05) is 13.7 Å². The van der Waals surface area contributed by atoms with Crippen LogP contribution in [-0.2, 0) is 30.5 Å². The number of amides is 4. The third-order valence-electron chi connectivity index (χ3n) is 4.48. The summed E-state index contributed by atoms with van der Waals surface area (Å²) in [4.78, 5) is 47.8. The first-order valence-corrected chi connectivity index (χ1v) is 10.1. The quantitative estimate of drug-likeness (QED) is 0.244. The molecule has 0 saturated carbocycles. The highest BCUT2D eigenvalue weighted by atomic mass is 16.5. The molecule has 0 heterocycles. The van der Waals surface area contributed by atoms with Crippen molar-refractivity contribution in [1.82, 2.24) is 16.0 Å². The molecule has 10 heteroatoms. The largest absolute Gasteiger partial charge is 0.382 e. The molecule has 0 spiro atoms. The summed E-state index contributed by atoms with van der Waals surface area (Å²) < 4.78 is 4.96. The Morgan fingerprint density at radius 2 is 1.77 bits per heavy atom. The molecule has 10 nitrogen and oxygen atoms in total. The number of nitrogens with two attached hydrogens (primary N) is 1. The number of aliphatic hydroxyl groups excluding tert-OH is 1. The Labute approximate surface area is 181 Å². The molecule has 0 radical (unpaired) electrons. The van der Waals surface area contributed by atoms with E-state index in [1.54, 1.807) is 0 Å². The number of primary amides is 1. The molecular weight excluding hydrogens is 404 g/mol. The number of hydrogen-bond donors (Lipinski definition) is 5. The highest BCUT2D eigenvalue weighted by Gasteiger charge is 2.30. The molecule has 1 aromatic carbocycles. The van der Waals surface area contributed by atoms with E-state index in [0.29, 0.717) is 12.8 Å². The number of hydrogen-bond acceptors (Lipinski definition) is 6. The van der Waals surface area contributed by atoms with E-state index in [2.05, 4.69) is 16.0 Å². The Hall–Kier alpha value is -2.98. The molecule has 0 aliphatic carbocycles. The van der Waals surface area contributed by atoms with Gasteiger partial charge in [-0.2, -0.15) is 0 Å². The van der Waals surface area contributed by atoms with Crippen LogP contribution < -0.4 is 21.7 Å². The van der Waals surface area contributed by atoms with Crippen LogP contribution in [-0.4, -0.2) is 60.6 Å². The predicted octanol–water partition coefficient (Wildman–Crippen LogP) is -0.655. The lowest BCUT2D eigenvalue weighted by atomic mass is 10.0. The molecule has 3 atom stereocenters. The molecule has 0 aromatic heterocycles. The third kappa shape index (κ3) is 10.1. The van der Waals surface area contributed by atoms with Crippen molar-refractivity contribution in [3.8, 4) is 0 Å². The van der Waals surface area contributed by atoms with E-state index in [0.717, 1.165) is 12.0 Å². The van der Waals surface area contributed by atoms with Crippen LogP contribution >= 0.6 is 0 Å². The van der Waals surface area contributed by atoms with Gasteiger partial charge in [-0.25, -0.2) is 0 Å². The first-order chi connectivity index (χ1) is 14.8. The van der Waals surface area contributed by atoms with Gasteiger partial charge in [0.2, 0.25) is 17.7 Å². The smallest absolute Gasteiger partial charge is 0.251 e. The van der Waals surface area contributed by atoms with Gasteiger partial charge in [0.15, 0.2) is 6.10 Å². The molecule has 172 valence electrons. The number of rotatable bonds is 14. The summed E-state index contributed by atoms with van der Waals surface area (Å²) in [5.41, 5.74) is 5.86. The first-order valence-electron chi connectivity index (χ1n) is 10.1. The van der Waals surface area contributed by atoms with Crippen molar-refractivity contribution in [3.63, 3.8) is 0 Å². The fourth-order valence-electron chi connectivity index (χ4n) is 2.84. The number of unbranched alkanes of at least 4 members (excludes halogenated alkanes) is 1. The van der Waals surface area contributed by atoms with Gasteiger partial charge in [-0.05, 0) is 12.0 Å². The minimum absolute atomic E-state index is 0.160. The van der Waals surface area contributed by atoms with Crippen molar-refractivity contribution in [2.24, 2.45) is 5.73 Å². The number of ether oxygens (including phenoxy) is 1. The molecule has 0 fully saturated rings. The molecular formula is C21H32N4O6. The first kappa shape index (κ1) is 26.1. The summed E-state index contributed by atoms with van der Waals surface area (Å²) in [7, 11) is 1.35. The summed E-state index contributed by atoms with van der Waals surface area (Å²) in [6, 6.07) is 7.24. The van der Waals surface area contributed by atoms with Gasteiger partial charge in [0, 0.05) is 13.7 Å². The number of nitrogens with one attached hydrogen (secondary N) is 3. The Kier molecular flexibility index (Phi) is 11.9. The second-order valence-electron chi connectivity index (χ2n) is 7.12. The molecule has 0 bridgehead atoms. The molecule has 0 saturated heterocycles. The molecule has 6 N–H and O–H groups in total. The van der Waals surface area contributed by atoms with Crippen molar-refractivity contribution in [2.45, 2.75) is 57.3 Å². The lowest BCUT2D eigenvalue weighted by Gasteiger charge is -2.26. The van der Waals surface area contributed by atoms with Crippen LogP contribution in [0, 0.1) is 0 Å². The maximum Gasteiger partial charge on any atom is 0.251 e. The van der Waals surface area contributed by atoms with E-state index in [-0.39, 0.29) is 13.2 Å². The van der Waals surface area contributed by atoms with Crippen LogP contribution in [0.3, 0.4) is 0 Å². The van der Waals surface area contributed by atoms with Crippen LogP contribution in [0.4, 0.5) is 0 Å². The van der Waals surface area contributed by atoms with Gasteiger partial charge in [0.1, 0.15) is 12.5 Å². The van der Waals surface area contributed by atoms with Gasteiger partial charge in [-0.15, -0.1) is 0 Å². The number of methoxy groups -OCH3 is 1. The number of carbonyl (C=O) groups excluding carboxylic acids is 4. The minimum Gasteiger partial charge on any atom is -0.382 e. The SMILES string of the molecule is CCCC[C@H](NC(=O)[C@H](COC)NC(=O)CC(N)=O)[C@H](O)C(=O)NCc1ccccc1.